The lowest BCUT2D eigenvalue weighted by Gasteiger charge is -2.24. The van der Waals surface area contributed by atoms with Crippen LogP contribution in [0.15, 0.2) is 41.1 Å². The third-order valence-electron chi connectivity index (χ3n) is 5.03. The minimum absolute atomic E-state index is 0.00448. The second kappa shape index (κ2) is 7.45. The number of amides is 1. The summed E-state index contributed by atoms with van der Waals surface area (Å²) in [5.74, 6) is 1.07. The SMILES string of the molecule is O=C(CO[C@H]1CN(Cc2ccco2)Cc2cccn2C1)N1CCCC1. The smallest absolute Gasteiger partial charge is 0.248 e. The topological polar surface area (TPSA) is 50.9 Å². The molecule has 134 valence electrons. The summed E-state index contributed by atoms with van der Waals surface area (Å²) in [5, 5.41) is 0. The molecule has 4 rings (SSSR count). The molecule has 25 heavy (non-hydrogen) atoms. The fraction of sp³-hybridized carbons (Fsp3) is 0.526. The monoisotopic (exact) mass is 343 g/mol. The summed E-state index contributed by atoms with van der Waals surface area (Å²) in [4.78, 5) is 16.5. The van der Waals surface area contributed by atoms with Crippen molar-refractivity contribution < 1.29 is 13.9 Å². The zero-order valence-electron chi connectivity index (χ0n) is 14.5. The van der Waals surface area contributed by atoms with E-state index in [0.29, 0.717) is 0 Å². The van der Waals surface area contributed by atoms with Gasteiger partial charge in [0.1, 0.15) is 12.4 Å². The Morgan fingerprint density at radius 3 is 2.88 bits per heavy atom. The first-order chi connectivity index (χ1) is 12.3. The molecule has 0 bridgehead atoms. The maximum absolute atomic E-state index is 12.3. The van der Waals surface area contributed by atoms with Gasteiger partial charge in [0.25, 0.3) is 0 Å². The zero-order chi connectivity index (χ0) is 17.1. The summed E-state index contributed by atoms with van der Waals surface area (Å²) in [7, 11) is 0. The molecule has 0 N–H and O–H groups in total. The van der Waals surface area contributed by atoms with Crippen LogP contribution in [0.4, 0.5) is 0 Å². The lowest BCUT2D eigenvalue weighted by molar-refractivity contribution is -0.137. The van der Waals surface area contributed by atoms with Crippen molar-refractivity contribution in [2.45, 2.75) is 38.6 Å². The second-order valence-electron chi connectivity index (χ2n) is 6.92. The lowest BCUT2D eigenvalue weighted by Crippen LogP contribution is -2.37. The number of furan rings is 1. The normalized spacial score (nSPS) is 21.3. The highest BCUT2D eigenvalue weighted by Gasteiger charge is 2.25. The van der Waals surface area contributed by atoms with Crippen molar-refractivity contribution in [1.29, 1.82) is 0 Å². The van der Waals surface area contributed by atoms with Gasteiger partial charge in [0.05, 0.1) is 18.9 Å². The van der Waals surface area contributed by atoms with Gasteiger partial charge in [-0.05, 0) is 37.1 Å². The molecule has 0 spiro atoms. The van der Waals surface area contributed by atoms with E-state index in [1.807, 2.05) is 17.0 Å². The van der Waals surface area contributed by atoms with Gasteiger partial charge in [-0.15, -0.1) is 0 Å². The van der Waals surface area contributed by atoms with Crippen LogP contribution in [0.25, 0.3) is 0 Å². The van der Waals surface area contributed by atoms with Crippen molar-refractivity contribution in [2.24, 2.45) is 0 Å². The molecule has 2 aliphatic heterocycles. The number of carbonyl (C=O) groups excluding carboxylic acids is 1. The summed E-state index contributed by atoms with van der Waals surface area (Å²) >= 11 is 0. The minimum atomic E-state index is -0.00448. The quantitative estimate of drug-likeness (QED) is 0.834. The molecule has 1 fully saturated rings. The third kappa shape index (κ3) is 3.96. The van der Waals surface area contributed by atoms with Crippen LogP contribution in [0.2, 0.25) is 0 Å². The number of likely N-dealkylation sites (tertiary alicyclic amines) is 1. The van der Waals surface area contributed by atoms with Crippen LogP contribution in [0.3, 0.4) is 0 Å². The molecule has 2 aromatic rings. The molecule has 2 aliphatic rings. The van der Waals surface area contributed by atoms with E-state index in [4.69, 9.17) is 9.15 Å². The molecule has 4 heterocycles. The highest BCUT2D eigenvalue weighted by molar-refractivity contribution is 5.77. The van der Waals surface area contributed by atoms with E-state index in [-0.39, 0.29) is 18.6 Å². The summed E-state index contributed by atoms with van der Waals surface area (Å²) in [5.41, 5.74) is 1.27. The molecule has 1 atom stereocenters. The fourth-order valence-corrected chi connectivity index (χ4v) is 3.73. The van der Waals surface area contributed by atoms with Gasteiger partial charge in [0.15, 0.2) is 0 Å². The molecule has 1 amide bonds. The van der Waals surface area contributed by atoms with E-state index in [2.05, 4.69) is 27.8 Å². The van der Waals surface area contributed by atoms with E-state index < -0.39 is 0 Å². The van der Waals surface area contributed by atoms with E-state index in [9.17, 15) is 4.79 Å². The maximum atomic E-state index is 12.3. The molecule has 0 radical (unpaired) electrons. The zero-order valence-corrected chi connectivity index (χ0v) is 14.5. The summed E-state index contributed by atoms with van der Waals surface area (Å²) in [6.07, 6.45) is 6.01. The molecule has 0 saturated carbocycles. The lowest BCUT2D eigenvalue weighted by atomic mass is 10.3. The summed E-state index contributed by atoms with van der Waals surface area (Å²) < 4.78 is 13.8. The Morgan fingerprint density at radius 1 is 1.20 bits per heavy atom. The predicted molar refractivity (Wildman–Crippen MR) is 92.8 cm³/mol. The number of fused-ring (bicyclic) bond motifs is 1. The fourth-order valence-electron chi connectivity index (χ4n) is 3.73. The first kappa shape index (κ1) is 16.4. The largest absolute Gasteiger partial charge is 0.468 e. The number of nitrogens with zero attached hydrogens (tertiary/aromatic N) is 3. The Kier molecular flexibility index (Phi) is 4.90. The first-order valence-electron chi connectivity index (χ1n) is 9.06. The number of rotatable bonds is 5. The van der Waals surface area contributed by atoms with Crippen molar-refractivity contribution in [3.05, 3.63) is 48.2 Å². The molecule has 6 heteroatoms. The Balaban J connectivity index is 1.40. The predicted octanol–water partition coefficient (Wildman–Crippen LogP) is 2.10. The van der Waals surface area contributed by atoms with E-state index in [1.54, 1.807) is 6.26 Å². The maximum Gasteiger partial charge on any atom is 0.248 e. The molecule has 0 unspecified atom stereocenters. The summed E-state index contributed by atoms with van der Waals surface area (Å²) in [6.45, 7) is 5.10. The molecule has 0 aromatic carbocycles. The van der Waals surface area contributed by atoms with Crippen LogP contribution >= 0.6 is 0 Å². The molecule has 2 aromatic heterocycles. The van der Waals surface area contributed by atoms with Crippen molar-refractivity contribution in [3.8, 4) is 0 Å². The van der Waals surface area contributed by atoms with E-state index >= 15 is 0 Å². The van der Waals surface area contributed by atoms with Gasteiger partial charge in [0, 0.05) is 44.6 Å². The number of hydrogen-bond donors (Lipinski definition) is 0. The molecule has 1 saturated heterocycles. The molecular formula is C19H25N3O3. The Labute approximate surface area is 147 Å². The van der Waals surface area contributed by atoms with Crippen LogP contribution in [0, 0.1) is 0 Å². The van der Waals surface area contributed by atoms with Gasteiger partial charge in [-0.25, -0.2) is 0 Å². The summed E-state index contributed by atoms with van der Waals surface area (Å²) in [6, 6.07) is 8.13. The average Bonchev–Trinajstić information content (AvgIpc) is 3.35. The number of ether oxygens (including phenoxy) is 1. The molecular weight excluding hydrogens is 318 g/mol. The van der Waals surface area contributed by atoms with Gasteiger partial charge >= 0.3 is 0 Å². The van der Waals surface area contributed by atoms with Gasteiger partial charge in [-0.3, -0.25) is 9.69 Å². The molecule has 0 aliphatic carbocycles. The van der Waals surface area contributed by atoms with E-state index in [1.165, 1.54) is 5.69 Å². The number of hydrogen-bond acceptors (Lipinski definition) is 4. The van der Waals surface area contributed by atoms with Crippen molar-refractivity contribution in [2.75, 3.05) is 26.2 Å². The van der Waals surface area contributed by atoms with Crippen LogP contribution < -0.4 is 0 Å². The van der Waals surface area contributed by atoms with E-state index in [0.717, 1.165) is 57.9 Å². The Morgan fingerprint density at radius 2 is 2.08 bits per heavy atom. The molecule has 6 nitrogen and oxygen atoms in total. The average molecular weight is 343 g/mol. The van der Waals surface area contributed by atoms with Crippen molar-refractivity contribution in [3.63, 3.8) is 0 Å². The minimum Gasteiger partial charge on any atom is -0.468 e. The highest BCUT2D eigenvalue weighted by atomic mass is 16.5. The Bertz CT molecular complexity index is 689. The highest BCUT2D eigenvalue weighted by Crippen LogP contribution is 2.18. The number of carbonyl (C=O) groups is 1. The van der Waals surface area contributed by atoms with Crippen LogP contribution in [0.5, 0.6) is 0 Å². The first-order valence-corrected chi connectivity index (χ1v) is 9.06. The van der Waals surface area contributed by atoms with Gasteiger partial charge in [-0.2, -0.15) is 0 Å². The standard InChI is InChI=1S/C19H25N3O3/c23-19(21-7-1-2-8-21)15-25-18-13-20(12-17-6-4-10-24-17)11-16-5-3-9-22(16)14-18/h3-6,9-10,18H,1-2,7-8,11-15H2/t18-/m0/s1. The van der Waals surface area contributed by atoms with Crippen molar-refractivity contribution >= 4 is 5.91 Å². The van der Waals surface area contributed by atoms with Gasteiger partial charge in [-0.1, -0.05) is 0 Å². The van der Waals surface area contributed by atoms with Crippen LogP contribution in [-0.2, 0) is 29.2 Å². The third-order valence-corrected chi connectivity index (χ3v) is 5.03. The Hall–Kier alpha value is -2.05. The second-order valence-corrected chi connectivity index (χ2v) is 6.92. The van der Waals surface area contributed by atoms with Gasteiger partial charge in [0.2, 0.25) is 5.91 Å². The van der Waals surface area contributed by atoms with Gasteiger partial charge < -0.3 is 18.6 Å². The van der Waals surface area contributed by atoms with Crippen LogP contribution in [0.1, 0.15) is 24.3 Å². The van der Waals surface area contributed by atoms with Crippen LogP contribution in [-0.4, -0.2) is 52.6 Å². The van der Waals surface area contributed by atoms with Crippen molar-refractivity contribution in [1.82, 2.24) is 14.4 Å². The number of aromatic nitrogens is 1.